The number of carbonyl (C=O) groups excluding carboxylic acids is 3. The normalized spacial score (nSPS) is 11.6. The van der Waals surface area contributed by atoms with E-state index in [1.807, 2.05) is 84.9 Å². The van der Waals surface area contributed by atoms with Crippen LogP contribution in [0.15, 0.2) is 146 Å². The largest absolute Gasteiger partial charge is 0.522 e. The van der Waals surface area contributed by atoms with E-state index in [-0.39, 0.29) is 11.8 Å². The summed E-state index contributed by atoms with van der Waals surface area (Å²) in [5.41, 5.74) is 6.97. The van der Waals surface area contributed by atoms with E-state index in [0.717, 1.165) is 46.0 Å². The Hall–Kier alpha value is -7.79. The smallest absolute Gasteiger partial charge is 0.375 e. The van der Waals surface area contributed by atoms with E-state index in [9.17, 15) is 14.4 Å². The zero-order valence-corrected chi connectivity index (χ0v) is 35.2. The lowest BCUT2D eigenvalue weighted by molar-refractivity contribution is 0.111. The molecule has 0 unspecified atom stereocenters. The van der Waals surface area contributed by atoms with Crippen molar-refractivity contribution in [1.82, 2.24) is 29.5 Å². The fourth-order valence-electron chi connectivity index (χ4n) is 7.62. The Morgan fingerprint density at radius 2 is 0.903 bits per heavy atom. The van der Waals surface area contributed by atoms with Gasteiger partial charge >= 0.3 is 6.16 Å². The molecule has 0 amide bonds. The van der Waals surface area contributed by atoms with Crippen LogP contribution in [-0.4, -0.2) is 48.3 Å². The predicted molar refractivity (Wildman–Crippen MR) is 239 cm³/mol. The van der Waals surface area contributed by atoms with Crippen molar-refractivity contribution < 1.29 is 23.9 Å². The maximum atomic E-state index is 14.1. The van der Waals surface area contributed by atoms with Crippen LogP contribution in [-0.2, 0) is 10.8 Å². The fourth-order valence-corrected chi connectivity index (χ4v) is 7.62. The zero-order valence-electron chi connectivity index (χ0n) is 35.2. The average molecular weight is 821 g/mol. The van der Waals surface area contributed by atoms with Gasteiger partial charge in [0, 0.05) is 46.8 Å². The number of carbonyl (C=O) groups is 3. The summed E-state index contributed by atoms with van der Waals surface area (Å²) < 4.78 is 14.8. The van der Waals surface area contributed by atoms with Gasteiger partial charge in [0.15, 0.2) is 24.2 Å². The fraction of sp³-hybridized carbons (Fsp3) is 0.157. The molecule has 11 nitrogen and oxygen atoms in total. The van der Waals surface area contributed by atoms with Gasteiger partial charge in [-0.05, 0) is 68.5 Å². The number of nitrogens with zero attached hydrogens (tertiary/aromatic N) is 6. The van der Waals surface area contributed by atoms with E-state index in [1.54, 1.807) is 60.9 Å². The van der Waals surface area contributed by atoms with Crippen molar-refractivity contribution in [3.8, 4) is 68.2 Å². The van der Waals surface area contributed by atoms with E-state index in [4.69, 9.17) is 19.7 Å². The molecule has 0 spiro atoms. The molecule has 0 radical (unpaired) electrons. The van der Waals surface area contributed by atoms with Gasteiger partial charge in [-0.1, -0.05) is 139 Å². The number of benzene rings is 4. The van der Waals surface area contributed by atoms with Crippen LogP contribution in [0.3, 0.4) is 0 Å². The van der Waals surface area contributed by atoms with Crippen molar-refractivity contribution in [3.05, 3.63) is 168 Å². The molecule has 0 bridgehead atoms. The molecule has 0 aliphatic carbocycles. The molecule has 4 aromatic heterocycles. The summed E-state index contributed by atoms with van der Waals surface area (Å²) in [6.45, 7) is 12.4. The molecule has 8 rings (SSSR count). The Morgan fingerprint density at radius 3 is 1.24 bits per heavy atom. The van der Waals surface area contributed by atoms with Crippen LogP contribution in [0.5, 0.6) is 11.8 Å². The molecule has 4 aromatic carbocycles. The molecule has 0 aliphatic heterocycles. The van der Waals surface area contributed by atoms with E-state index < -0.39 is 17.0 Å². The first-order valence-electron chi connectivity index (χ1n) is 20.1. The van der Waals surface area contributed by atoms with Crippen LogP contribution < -0.4 is 9.47 Å². The first-order chi connectivity index (χ1) is 29.9. The minimum absolute atomic E-state index is 0.0107. The lowest BCUT2D eigenvalue weighted by atomic mass is 9.79. The molecule has 0 fully saturated rings. The number of hydrogen-bond acceptors (Lipinski definition) is 9. The first-order valence-corrected chi connectivity index (χ1v) is 20.1. The SMILES string of the molecule is CC(C)(C)c1ccc(-c2ccccc2)c(C=O)c1-c1cc(OC(=O)Oc2cc(-c3c(C(C)(C)C)ccc(-c4ccccc4)c3C=O)nn2-c2ccccn2)n(-c2ccccn2)n1. The number of aldehydes is 2. The van der Waals surface area contributed by atoms with Gasteiger partial charge in [0.2, 0.25) is 11.8 Å². The summed E-state index contributed by atoms with van der Waals surface area (Å²) >= 11 is 0. The number of pyridine rings is 2. The third kappa shape index (κ3) is 8.08. The molecular weight excluding hydrogens is 777 g/mol. The Bertz CT molecular complexity index is 2710. The van der Waals surface area contributed by atoms with E-state index in [2.05, 4.69) is 51.5 Å². The third-order valence-electron chi connectivity index (χ3n) is 10.5. The van der Waals surface area contributed by atoms with Gasteiger partial charge in [-0.15, -0.1) is 0 Å². The average Bonchev–Trinajstić information content (AvgIpc) is 3.90. The van der Waals surface area contributed by atoms with Gasteiger partial charge in [0.25, 0.3) is 0 Å². The van der Waals surface area contributed by atoms with Crippen LogP contribution >= 0.6 is 0 Å². The standard InChI is InChI=1S/C51H44N6O5/c1-50(2,3)39-25-23-35(33-17-9-7-10-18-33)37(31-58)47(39)41-29-45(56(54-41)43-21-13-15-27-52-43)61-49(60)62-46-30-42(55-57(46)44-22-14-16-28-53-44)48-38(32-59)36(34-19-11-8-12-20-34)24-26-40(48)51(4,5)6/h7-32H,1-6H3. The zero-order chi connectivity index (χ0) is 43.6. The minimum Gasteiger partial charge on any atom is -0.375 e. The first kappa shape index (κ1) is 41.0. The van der Waals surface area contributed by atoms with Crippen molar-refractivity contribution in [3.63, 3.8) is 0 Å². The molecular formula is C51H44N6O5. The van der Waals surface area contributed by atoms with Gasteiger partial charge in [0.05, 0.1) is 11.4 Å². The van der Waals surface area contributed by atoms with E-state index >= 15 is 0 Å². The lowest BCUT2D eigenvalue weighted by Crippen LogP contribution is -2.18. The maximum absolute atomic E-state index is 14.1. The van der Waals surface area contributed by atoms with Crippen LogP contribution in [0.25, 0.3) is 56.4 Å². The third-order valence-corrected chi connectivity index (χ3v) is 10.5. The summed E-state index contributed by atoms with van der Waals surface area (Å²) in [6, 6.07) is 41.0. The van der Waals surface area contributed by atoms with Crippen molar-refractivity contribution in [2.45, 2.75) is 52.4 Å². The molecule has 11 heteroatoms. The maximum Gasteiger partial charge on any atom is 0.522 e. The number of hydrogen-bond donors (Lipinski definition) is 0. The Balaban J connectivity index is 1.25. The van der Waals surface area contributed by atoms with E-state index in [1.165, 1.54) is 9.36 Å². The van der Waals surface area contributed by atoms with Crippen molar-refractivity contribution in [2.75, 3.05) is 0 Å². The molecule has 8 aromatic rings. The summed E-state index contributed by atoms with van der Waals surface area (Å²) in [7, 11) is 0. The number of rotatable bonds is 10. The molecule has 308 valence electrons. The Morgan fingerprint density at radius 1 is 0.516 bits per heavy atom. The molecule has 0 atom stereocenters. The highest BCUT2D eigenvalue weighted by molar-refractivity contribution is 5.98. The van der Waals surface area contributed by atoms with Gasteiger partial charge in [-0.3, -0.25) is 9.59 Å². The number of ether oxygens (including phenoxy) is 2. The van der Waals surface area contributed by atoms with Crippen LogP contribution in [0.1, 0.15) is 73.4 Å². The summed E-state index contributed by atoms with van der Waals surface area (Å²) in [5.74, 6) is 0.703. The molecule has 0 aliphatic rings. The van der Waals surface area contributed by atoms with Crippen molar-refractivity contribution in [2.24, 2.45) is 0 Å². The quantitative estimate of drug-likeness (QED) is 0.0977. The lowest BCUT2D eigenvalue weighted by Gasteiger charge is -2.24. The molecule has 62 heavy (non-hydrogen) atoms. The van der Waals surface area contributed by atoms with Gasteiger partial charge in [0.1, 0.15) is 0 Å². The van der Waals surface area contributed by atoms with E-state index in [0.29, 0.717) is 45.3 Å². The summed E-state index contributed by atoms with van der Waals surface area (Å²) in [4.78, 5) is 49.3. The summed E-state index contributed by atoms with van der Waals surface area (Å²) in [5, 5.41) is 9.85. The topological polar surface area (TPSA) is 131 Å². The second-order valence-corrected chi connectivity index (χ2v) is 16.8. The number of aromatic nitrogens is 6. The van der Waals surface area contributed by atoms with Crippen molar-refractivity contribution in [1.29, 1.82) is 0 Å². The summed E-state index contributed by atoms with van der Waals surface area (Å²) in [6.07, 6.45) is 3.78. The van der Waals surface area contributed by atoms with Gasteiger partial charge < -0.3 is 9.47 Å². The Labute approximate surface area is 359 Å². The predicted octanol–water partition coefficient (Wildman–Crippen LogP) is 11.3. The molecule has 0 saturated carbocycles. The molecule has 4 heterocycles. The van der Waals surface area contributed by atoms with Crippen LogP contribution in [0, 0.1) is 0 Å². The Kier molecular flexibility index (Phi) is 11.0. The molecule has 0 saturated heterocycles. The minimum atomic E-state index is -1.10. The van der Waals surface area contributed by atoms with Gasteiger partial charge in [-0.2, -0.15) is 19.6 Å². The van der Waals surface area contributed by atoms with Crippen LogP contribution in [0.2, 0.25) is 0 Å². The van der Waals surface area contributed by atoms with Gasteiger partial charge in [-0.25, -0.2) is 14.8 Å². The highest BCUT2D eigenvalue weighted by atomic mass is 16.7. The second-order valence-electron chi connectivity index (χ2n) is 16.8. The van der Waals surface area contributed by atoms with Crippen LogP contribution in [0.4, 0.5) is 4.79 Å². The second kappa shape index (κ2) is 16.7. The highest BCUT2D eigenvalue weighted by Crippen LogP contribution is 2.42. The monoisotopic (exact) mass is 820 g/mol. The van der Waals surface area contributed by atoms with Crippen molar-refractivity contribution >= 4 is 18.7 Å². The molecule has 0 N–H and O–H groups in total. The highest BCUT2D eigenvalue weighted by Gasteiger charge is 2.30.